The van der Waals surface area contributed by atoms with Crippen molar-refractivity contribution in [3.05, 3.63) is 130 Å². The van der Waals surface area contributed by atoms with Crippen LogP contribution in [0, 0.1) is 13.8 Å². The molecule has 0 aromatic heterocycles. The smallest absolute Gasteiger partial charge is 0.0256 e. The lowest BCUT2D eigenvalue weighted by atomic mass is 10.1. The van der Waals surface area contributed by atoms with Gasteiger partial charge in [-0.2, -0.15) is 0 Å². The van der Waals surface area contributed by atoms with Crippen molar-refractivity contribution in [2.24, 2.45) is 0 Å². The van der Waals surface area contributed by atoms with E-state index in [1.165, 1.54) is 33.4 Å². The van der Waals surface area contributed by atoms with E-state index in [4.69, 9.17) is 0 Å². The van der Waals surface area contributed by atoms with Crippen LogP contribution in [0.15, 0.2) is 97.1 Å². The third-order valence-corrected chi connectivity index (χ3v) is 4.47. The van der Waals surface area contributed by atoms with Crippen molar-refractivity contribution in [3.8, 4) is 0 Å². The Morgan fingerprint density at radius 3 is 0.821 bits per heavy atom. The summed E-state index contributed by atoms with van der Waals surface area (Å²) in [6.45, 7) is 4.21. The van der Waals surface area contributed by atoms with Gasteiger partial charge >= 0.3 is 0 Å². The molecule has 0 fully saturated rings. The SMILES string of the molecule is Cc1ccc(/C=C/C=C/c2ccc(/C=C/C=C/c3ccc(C)cc3)cc2)cc1. The fraction of sp³-hybridized carbons (Fsp3) is 0.0714. The Morgan fingerprint density at radius 2 is 0.571 bits per heavy atom. The van der Waals surface area contributed by atoms with Gasteiger partial charge in [-0.05, 0) is 36.1 Å². The number of benzene rings is 3. The molecule has 0 spiro atoms. The number of hydrogen-bond acceptors (Lipinski definition) is 0. The van der Waals surface area contributed by atoms with Crippen LogP contribution in [-0.4, -0.2) is 0 Å². The van der Waals surface area contributed by atoms with Crippen LogP contribution in [0.1, 0.15) is 33.4 Å². The largest absolute Gasteiger partial charge is 0.0617 e. The molecule has 0 aliphatic heterocycles. The van der Waals surface area contributed by atoms with Crippen molar-refractivity contribution >= 4 is 24.3 Å². The summed E-state index contributed by atoms with van der Waals surface area (Å²) in [7, 11) is 0. The topological polar surface area (TPSA) is 0 Å². The van der Waals surface area contributed by atoms with Crippen LogP contribution in [0.5, 0.6) is 0 Å². The van der Waals surface area contributed by atoms with E-state index < -0.39 is 0 Å². The van der Waals surface area contributed by atoms with Crippen molar-refractivity contribution in [2.45, 2.75) is 13.8 Å². The highest BCUT2D eigenvalue weighted by Crippen LogP contribution is 2.10. The molecule has 3 rings (SSSR count). The van der Waals surface area contributed by atoms with Gasteiger partial charge < -0.3 is 0 Å². The first-order valence-electron chi connectivity index (χ1n) is 9.62. The molecule has 0 unspecified atom stereocenters. The highest BCUT2D eigenvalue weighted by atomic mass is 13.9. The second-order valence-electron chi connectivity index (χ2n) is 6.92. The summed E-state index contributed by atoms with van der Waals surface area (Å²) in [6.07, 6.45) is 16.8. The predicted octanol–water partition coefficient (Wildman–Crippen LogP) is 7.76. The average Bonchev–Trinajstić information content (AvgIpc) is 2.72. The first kappa shape index (κ1) is 19.4. The molecule has 0 heterocycles. The zero-order valence-corrected chi connectivity index (χ0v) is 16.5. The van der Waals surface area contributed by atoms with Crippen molar-refractivity contribution in [1.29, 1.82) is 0 Å². The minimum Gasteiger partial charge on any atom is -0.0617 e. The normalized spacial score (nSPS) is 12.1. The van der Waals surface area contributed by atoms with Gasteiger partial charge in [0.05, 0.1) is 0 Å². The van der Waals surface area contributed by atoms with Gasteiger partial charge in [-0.15, -0.1) is 0 Å². The van der Waals surface area contributed by atoms with Gasteiger partial charge in [0.1, 0.15) is 0 Å². The van der Waals surface area contributed by atoms with E-state index >= 15 is 0 Å². The molecule has 0 nitrogen and oxygen atoms in total. The molecule has 28 heavy (non-hydrogen) atoms. The molecule has 0 atom stereocenters. The lowest BCUT2D eigenvalue weighted by molar-refractivity contribution is 1.46. The van der Waals surface area contributed by atoms with E-state index in [0.29, 0.717) is 0 Å². The molecule has 138 valence electrons. The quantitative estimate of drug-likeness (QED) is 0.393. The van der Waals surface area contributed by atoms with Gasteiger partial charge in [0.2, 0.25) is 0 Å². The lowest BCUT2D eigenvalue weighted by Gasteiger charge is -1.96. The average molecular weight is 363 g/mol. The molecule has 3 aromatic carbocycles. The highest BCUT2D eigenvalue weighted by molar-refractivity contribution is 5.61. The van der Waals surface area contributed by atoms with Crippen LogP contribution in [0.4, 0.5) is 0 Å². The Kier molecular flexibility index (Phi) is 6.98. The number of rotatable bonds is 6. The van der Waals surface area contributed by atoms with E-state index in [2.05, 4.69) is 135 Å². The van der Waals surface area contributed by atoms with Crippen LogP contribution in [0.25, 0.3) is 24.3 Å². The first-order chi connectivity index (χ1) is 13.7. The molecule has 0 aliphatic carbocycles. The van der Waals surface area contributed by atoms with Gasteiger partial charge in [0.25, 0.3) is 0 Å². The zero-order chi connectivity index (χ0) is 19.6. The Labute approximate surface area is 168 Å². The zero-order valence-electron chi connectivity index (χ0n) is 16.5. The maximum Gasteiger partial charge on any atom is -0.0256 e. The summed E-state index contributed by atoms with van der Waals surface area (Å²) in [5, 5.41) is 0. The standard InChI is InChI=1S/C28H26/c1-23-11-15-25(16-12-23)7-3-5-9-27-19-21-28(22-20-27)10-6-4-8-26-17-13-24(2)14-18-26/h3-22H,1-2H3/b7-3+,8-4+,9-5+,10-6+. The lowest BCUT2D eigenvalue weighted by Crippen LogP contribution is -1.74. The molecule has 3 aromatic rings. The van der Waals surface area contributed by atoms with Crippen molar-refractivity contribution < 1.29 is 0 Å². The van der Waals surface area contributed by atoms with E-state index in [-0.39, 0.29) is 0 Å². The summed E-state index contributed by atoms with van der Waals surface area (Å²) in [5.74, 6) is 0. The fourth-order valence-corrected chi connectivity index (χ4v) is 2.74. The first-order valence-corrected chi connectivity index (χ1v) is 9.62. The fourth-order valence-electron chi connectivity index (χ4n) is 2.74. The maximum atomic E-state index is 2.14. The molecule has 0 N–H and O–H groups in total. The number of hydrogen-bond donors (Lipinski definition) is 0. The van der Waals surface area contributed by atoms with Gasteiger partial charge in [0, 0.05) is 0 Å². The monoisotopic (exact) mass is 362 g/mol. The van der Waals surface area contributed by atoms with Crippen LogP contribution in [-0.2, 0) is 0 Å². The predicted molar refractivity (Wildman–Crippen MR) is 125 cm³/mol. The summed E-state index contributed by atoms with van der Waals surface area (Å²) < 4.78 is 0. The highest BCUT2D eigenvalue weighted by Gasteiger charge is 1.89. The molecule has 0 radical (unpaired) electrons. The van der Waals surface area contributed by atoms with E-state index in [0.717, 1.165) is 0 Å². The van der Waals surface area contributed by atoms with E-state index in [9.17, 15) is 0 Å². The van der Waals surface area contributed by atoms with Crippen LogP contribution in [0.2, 0.25) is 0 Å². The molecule has 0 aliphatic rings. The number of allylic oxidation sites excluding steroid dienone is 4. The molecule has 0 saturated carbocycles. The van der Waals surface area contributed by atoms with Crippen LogP contribution in [0.3, 0.4) is 0 Å². The van der Waals surface area contributed by atoms with Crippen molar-refractivity contribution in [3.63, 3.8) is 0 Å². The minimum absolute atomic E-state index is 1.20. The van der Waals surface area contributed by atoms with Gasteiger partial charge in [-0.3, -0.25) is 0 Å². The second kappa shape index (κ2) is 10.1. The summed E-state index contributed by atoms with van der Waals surface area (Å²) in [4.78, 5) is 0. The number of aryl methyl sites for hydroxylation is 2. The molecule has 0 heteroatoms. The minimum atomic E-state index is 1.20. The van der Waals surface area contributed by atoms with Crippen LogP contribution < -0.4 is 0 Å². The Hall–Kier alpha value is -3.38. The van der Waals surface area contributed by atoms with Gasteiger partial charge in [-0.1, -0.05) is 133 Å². The van der Waals surface area contributed by atoms with Gasteiger partial charge in [0.15, 0.2) is 0 Å². The third-order valence-electron chi connectivity index (χ3n) is 4.47. The Bertz CT molecular complexity index is 893. The van der Waals surface area contributed by atoms with Crippen LogP contribution >= 0.6 is 0 Å². The summed E-state index contributed by atoms with van der Waals surface area (Å²) in [5.41, 5.74) is 7.39. The van der Waals surface area contributed by atoms with Crippen molar-refractivity contribution in [1.82, 2.24) is 0 Å². The molecular weight excluding hydrogens is 336 g/mol. The van der Waals surface area contributed by atoms with E-state index in [1.54, 1.807) is 0 Å². The van der Waals surface area contributed by atoms with E-state index in [1.807, 2.05) is 0 Å². The third kappa shape index (κ3) is 6.41. The Balaban J connectivity index is 1.52. The second-order valence-corrected chi connectivity index (χ2v) is 6.92. The summed E-state index contributed by atoms with van der Waals surface area (Å²) in [6, 6.07) is 25.6. The molecule has 0 amide bonds. The maximum absolute atomic E-state index is 2.14. The van der Waals surface area contributed by atoms with Gasteiger partial charge in [-0.25, -0.2) is 0 Å². The molecular formula is C28H26. The molecule has 0 bridgehead atoms. The summed E-state index contributed by atoms with van der Waals surface area (Å²) >= 11 is 0. The molecule has 0 saturated heterocycles. The van der Waals surface area contributed by atoms with Crippen molar-refractivity contribution in [2.75, 3.05) is 0 Å². The Morgan fingerprint density at radius 1 is 0.357 bits per heavy atom.